The second-order valence-corrected chi connectivity index (χ2v) is 3.16. The highest BCUT2D eigenvalue weighted by Crippen LogP contribution is 2.09. The fourth-order valence-electron chi connectivity index (χ4n) is 1.46. The molecule has 7 heteroatoms. The average Bonchev–Trinajstić information content (AvgIpc) is 2.73. The number of nitrogens with zero attached hydrogens (tertiary/aromatic N) is 4. The van der Waals surface area contributed by atoms with Gasteiger partial charge in [0.15, 0.2) is 5.82 Å². The van der Waals surface area contributed by atoms with Crippen LogP contribution < -0.4 is 0 Å². The Morgan fingerprint density at radius 3 is 3.00 bits per heavy atom. The van der Waals surface area contributed by atoms with Crippen LogP contribution in [0.4, 0.5) is 0 Å². The molecule has 0 fully saturated rings. The van der Waals surface area contributed by atoms with Gasteiger partial charge >= 0.3 is 11.9 Å². The number of fused-ring (bicyclic) bond motifs is 1. The van der Waals surface area contributed by atoms with E-state index in [2.05, 4.69) is 14.9 Å². The van der Waals surface area contributed by atoms with E-state index in [4.69, 9.17) is 0 Å². The smallest absolute Gasteiger partial charge is 0.396 e. The Bertz CT molecular complexity index is 400. The molecule has 0 bridgehead atoms. The molecule has 1 aromatic heterocycles. The van der Waals surface area contributed by atoms with Gasteiger partial charge in [-0.2, -0.15) is 0 Å². The van der Waals surface area contributed by atoms with Gasteiger partial charge in [0.2, 0.25) is 0 Å². The van der Waals surface area contributed by atoms with Crippen LogP contribution >= 0.6 is 0 Å². The largest absolute Gasteiger partial charge is 0.462 e. The monoisotopic (exact) mass is 210 g/mol. The van der Waals surface area contributed by atoms with E-state index >= 15 is 0 Å². The van der Waals surface area contributed by atoms with Crippen molar-refractivity contribution in [2.24, 2.45) is 0 Å². The maximum absolute atomic E-state index is 11.5. The predicted molar refractivity (Wildman–Crippen MR) is 47.5 cm³/mol. The summed E-state index contributed by atoms with van der Waals surface area (Å²) in [4.78, 5) is 23.9. The quantitative estimate of drug-likeness (QED) is 0.397. The number of ether oxygens (including phenoxy) is 1. The molecule has 0 saturated carbocycles. The van der Waals surface area contributed by atoms with E-state index in [1.54, 1.807) is 6.33 Å². The molecule has 1 aromatic rings. The van der Waals surface area contributed by atoms with Crippen LogP contribution in [0.3, 0.4) is 0 Å². The van der Waals surface area contributed by atoms with Gasteiger partial charge in [0.1, 0.15) is 6.33 Å². The molecule has 0 radical (unpaired) electrons. The molecule has 2 heterocycles. The molecule has 7 nitrogen and oxygen atoms in total. The van der Waals surface area contributed by atoms with E-state index in [9.17, 15) is 9.59 Å². The molecule has 0 aliphatic carbocycles. The topological polar surface area (TPSA) is 77.3 Å². The standard InChI is InChI=1S/C8H10N4O3/c1-15-8(14)7(13)11-2-3-12-5-9-10-6(12)4-11/h5H,2-4H2,1H3. The van der Waals surface area contributed by atoms with Gasteiger partial charge in [-0.15, -0.1) is 10.2 Å². The third-order valence-electron chi connectivity index (χ3n) is 2.29. The number of carbonyl (C=O) groups is 2. The minimum Gasteiger partial charge on any atom is -0.462 e. The highest BCUT2D eigenvalue weighted by molar-refractivity contribution is 6.32. The Hall–Kier alpha value is -1.92. The number of esters is 1. The lowest BCUT2D eigenvalue weighted by molar-refractivity contribution is -0.159. The first-order valence-electron chi connectivity index (χ1n) is 4.46. The van der Waals surface area contributed by atoms with Crippen molar-refractivity contribution in [1.29, 1.82) is 0 Å². The third kappa shape index (κ3) is 1.67. The number of amides is 1. The summed E-state index contributed by atoms with van der Waals surface area (Å²) in [5.41, 5.74) is 0. The van der Waals surface area contributed by atoms with Crippen molar-refractivity contribution in [3.8, 4) is 0 Å². The molecule has 0 N–H and O–H groups in total. The lowest BCUT2D eigenvalue weighted by atomic mass is 10.3. The number of hydrogen-bond donors (Lipinski definition) is 0. The third-order valence-corrected chi connectivity index (χ3v) is 2.29. The van der Waals surface area contributed by atoms with Gasteiger partial charge in [-0.05, 0) is 0 Å². The van der Waals surface area contributed by atoms with Gasteiger partial charge in [0.05, 0.1) is 13.7 Å². The number of rotatable bonds is 0. The van der Waals surface area contributed by atoms with Crippen LogP contribution in [-0.2, 0) is 27.4 Å². The lowest BCUT2D eigenvalue weighted by Crippen LogP contribution is -2.42. The minimum atomic E-state index is -0.844. The molecule has 15 heavy (non-hydrogen) atoms. The van der Waals surface area contributed by atoms with Gasteiger partial charge in [-0.25, -0.2) is 4.79 Å². The fourth-order valence-corrected chi connectivity index (χ4v) is 1.46. The van der Waals surface area contributed by atoms with Gasteiger partial charge in [-0.1, -0.05) is 0 Å². The van der Waals surface area contributed by atoms with Gasteiger partial charge in [-0.3, -0.25) is 4.79 Å². The van der Waals surface area contributed by atoms with E-state index in [1.165, 1.54) is 12.0 Å². The summed E-state index contributed by atoms with van der Waals surface area (Å²) >= 11 is 0. The van der Waals surface area contributed by atoms with E-state index < -0.39 is 11.9 Å². The summed E-state index contributed by atoms with van der Waals surface area (Å²) in [5.74, 6) is -0.798. The van der Waals surface area contributed by atoms with Crippen molar-refractivity contribution in [2.75, 3.05) is 13.7 Å². The SMILES string of the molecule is COC(=O)C(=O)N1CCn2cnnc2C1. The number of methoxy groups -OCH3 is 1. The molecule has 0 aromatic carbocycles. The zero-order chi connectivity index (χ0) is 10.8. The number of aromatic nitrogens is 3. The Balaban J connectivity index is 2.10. The van der Waals surface area contributed by atoms with E-state index in [0.29, 0.717) is 25.5 Å². The second-order valence-electron chi connectivity index (χ2n) is 3.16. The van der Waals surface area contributed by atoms with Crippen LogP contribution in [0.2, 0.25) is 0 Å². The highest BCUT2D eigenvalue weighted by atomic mass is 16.5. The molecule has 0 saturated heterocycles. The first-order chi connectivity index (χ1) is 7.22. The molecular weight excluding hydrogens is 200 g/mol. The van der Waals surface area contributed by atoms with Crippen molar-refractivity contribution < 1.29 is 14.3 Å². The normalized spacial score (nSPS) is 14.6. The van der Waals surface area contributed by atoms with Crippen LogP contribution in [0.15, 0.2) is 6.33 Å². The first kappa shape index (κ1) is 9.63. The summed E-state index contributed by atoms with van der Waals surface area (Å²) in [6.07, 6.45) is 1.61. The molecule has 1 aliphatic heterocycles. The molecule has 2 rings (SSSR count). The summed E-state index contributed by atoms with van der Waals surface area (Å²) in [5, 5.41) is 7.56. The molecule has 1 aliphatic rings. The minimum absolute atomic E-state index is 0.300. The van der Waals surface area contributed by atoms with E-state index in [0.717, 1.165) is 0 Å². The maximum Gasteiger partial charge on any atom is 0.396 e. The summed E-state index contributed by atoms with van der Waals surface area (Å²) in [7, 11) is 1.19. The van der Waals surface area contributed by atoms with Gasteiger partial charge in [0.25, 0.3) is 0 Å². The second kappa shape index (κ2) is 3.68. The van der Waals surface area contributed by atoms with Crippen LogP contribution in [0, 0.1) is 0 Å². The lowest BCUT2D eigenvalue weighted by Gasteiger charge is -2.25. The molecular formula is C8H10N4O3. The van der Waals surface area contributed by atoms with Crippen molar-refractivity contribution in [2.45, 2.75) is 13.1 Å². The summed E-state index contributed by atoms with van der Waals surface area (Å²) in [6.45, 7) is 1.37. The Labute approximate surface area is 85.6 Å². The predicted octanol–water partition coefficient (Wildman–Crippen LogP) is -1.21. The van der Waals surface area contributed by atoms with E-state index in [1.807, 2.05) is 4.57 Å². The van der Waals surface area contributed by atoms with Crippen LogP contribution in [-0.4, -0.2) is 45.2 Å². The fraction of sp³-hybridized carbons (Fsp3) is 0.500. The number of carbonyl (C=O) groups excluding carboxylic acids is 2. The van der Waals surface area contributed by atoms with Crippen LogP contribution in [0.25, 0.3) is 0 Å². The van der Waals surface area contributed by atoms with Gasteiger partial charge in [0, 0.05) is 13.1 Å². The van der Waals surface area contributed by atoms with Crippen molar-refractivity contribution in [3.05, 3.63) is 12.2 Å². The van der Waals surface area contributed by atoms with Crippen LogP contribution in [0.5, 0.6) is 0 Å². The van der Waals surface area contributed by atoms with E-state index in [-0.39, 0.29) is 0 Å². The van der Waals surface area contributed by atoms with Crippen LogP contribution in [0.1, 0.15) is 5.82 Å². The number of hydrogen-bond acceptors (Lipinski definition) is 5. The molecule has 1 amide bonds. The Kier molecular flexibility index (Phi) is 2.36. The molecule has 0 spiro atoms. The summed E-state index contributed by atoms with van der Waals surface area (Å²) in [6, 6.07) is 0. The summed E-state index contributed by atoms with van der Waals surface area (Å²) < 4.78 is 6.21. The molecule has 0 unspecified atom stereocenters. The molecule has 0 atom stereocenters. The zero-order valence-electron chi connectivity index (χ0n) is 8.21. The Morgan fingerprint density at radius 1 is 1.47 bits per heavy atom. The van der Waals surface area contributed by atoms with Crippen molar-refractivity contribution in [3.63, 3.8) is 0 Å². The van der Waals surface area contributed by atoms with Gasteiger partial charge < -0.3 is 14.2 Å². The first-order valence-corrected chi connectivity index (χ1v) is 4.46. The Morgan fingerprint density at radius 2 is 2.27 bits per heavy atom. The molecule has 80 valence electrons. The maximum atomic E-state index is 11.5. The van der Waals surface area contributed by atoms with Crippen molar-refractivity contribution in [1.82, 2.24) is 19.7 Å². The highest BCUT2D eigenvalue weighted by Gasteiger charge is 2.27. The average molecular weight is 210 g/mol. The van der Waals surface area contributed by atoms with Crippen molar-refractivity contribution >= 4 is 11.9 Å². The zero-order valence-corrected chi connectivity index (χ0v) is 8.21.